The molecule has 2 atom stereocenters. The van der Waals surface area contributed by atoms with Crippen LogP contribution in [0.3, 0.4) is 0 Å². The largest absolute Gasteiger partial charge is 0.508 e. The van der Waals surface area contributed by atoms with Crippen LogP contribution in [0.4, 0.5) is 0 Å². The standard InChI is InChI=1S/C24H26O4/c1-16-10-21(28-15-24(26)27)11-17(2)22(16)14-19-8-9-23(25)20(13-19)12-18-6-4-3-5-7-18/h3-11,13,16,22,25H,12,14-15H2,1-2H3,(H,26,27). The highest BCUT2D eigenvalue weighted by Gasteiger charge is 2.23. The van der Waals surface area contributed by atoms with E-state index in [-0.39, 0.29) is 12.5 Å². The first-order chi connectivity index (χ1) is 13.4. The molecule has 0 fully saturated rings. The van der Waals surface area contributed by atoms with Crippen LogP contribution in [-0.2, 0) is 22.4 Å². The molecule has 0 spiro atoms. The molecule has 0 heterocycles. The molecule has 146 valence electrons. The van der Waals surface area contributed by atoms with Gasteiger partial charge < -0.3 is 14.9 Å². The molecular weight excluding hydrogens is 352 g/mol. The third-order valence-corrected chi connectivity index (χ3v) is 5.22. The zero-order valence-corrected chi connectivity index (χ0v) is 16.3. The van der Waals surface area contributed by atoms with Crippen molar-refractivity contribution in [2.45, 2.75) is 26.7 Å². The summed E-state index contributed by atoms with van der Waals surface area (Å²) in [6.45, 7) is 3.86. The minimum absolute atomic E-state index is 0.236. The van der Waals surface area contributed by atoms with Crippen molar-refractivity contribution in [3.05, 3.63) is 88.7 Å². The molecule has 1 aliphatic rings. The Balaban J connectivity index is 1.72. The maximum Gasteiger partial charge on any atom is 0.341 e. The average Bonchev–Trinajstić information content (AvgIpc) is 2.66. The number of benzene rings is 2. The van der Waals surface area contributed by atoms with Crippen LogP contribution in [0.1, 0.15) is 30.5 Å². The molecule has 4 heteroatoms. The second-order valence-corrected chi connectivity index (χ2v) is 7.43. The normalized spacial score (nSPS) is 18.9. The minimum atomic E-state index is -0.975. The SMILES string of the molecule is CC1=CC(OCC(=O)O)=CC(C)C1Cc1ccc(O)c(Cc2ccccc2)c1. The van der Waals surface area contributed by atoms with Crippen LogP contribution in [0.2, 0.25) is 0 Å². The third-order valence-electron chi connectivity index (χ3n) is 5.22. The van der Waals surface area contributed by atoms with E-state index in [1.54, 1.807) is 6.07 Å². The van der Waals surface area contributed by atoms with Gasteiger partial charge in [0.1, 0.15) is 11.5 Å². The van der Waals surface area contributed by atoms with Gasteiger partial charge in [0, 0.05) is 6.42 Å². The van der Waals surface area contributed by atoms with Crippen molar-refractivity contribution in [1.29, 1.82) is 0 Å². The molecule has 1 aliphatic carbocycles. The topological polar surface area (TPSA) is 66.8 Å². The maximum absolute atomic E-state index is 10.7. The van der Waals surface area contributed by atoms with Gasteiger partial charge in [0.25, 0.3) is 0 Å². The summed E-state index contributed by atoms with van der Waals surface area (Å²) in [6.07, 6.45) is 5.47. The molecule has 28 heavy (non-hydrogen) atoms. The number of aromatic hydroxyl groups is 1. The quantitative estimate of drug-likeness (QED) is 0.731. The molecule has 2 aromatic carbocycles. The second-order valence-electron chi connectivity index (χ2n) is 7.43. The van der Waals surface area contributed by atoms with Crippen molar-refractivity contribution >= 4 is 5.97 Å². The zero-order valence-electron chi connectivity index (χ0n) is 16.3. The lowest BCUT2D eigenvalue weighted by molar-refractivity contribution is -0.140. The smallest absolute Gasteiger partial charge is 0.341 e. The predicted molar refractivity (Wildman–Crippen MR) is 109 cm³/mol. The van der Waals surface area contributed by atoms with Gasteiger partial charge in [0.2, 0.25) is 0 Å². The zero-order chi connectivity index (χ0) is 20.1. The van der Waals surface area contributed by atoms with E-state index in [2.05, 4.69) is 32.0 Å². The van der Waals surface area contributed by atoms with Crippen LogP contribution in [0.25, 0.3) is 0 Å². The molecule has 2 N–H and O–H groups in total. The summed E-state index contributed by atoms with van der Waals surface area (Å²) >= 11 is 0. The van der Waals surface area contributed by atoms with Gasteiger partial charge in [-0.15, -0.1) is 0 Å². The molecule has 0 saturated heterocycles. The van der Waals surface area contributed by atoms with Crippen molar-refractivity contribution in [1.82, 2.24) is 0 Å². The van der Waals surface area contributed by atoms with E-state index >= 15 is 0 Å². The van der Waals surface area contributed by atoms with Crippen LogP contribution in [0.15, 0.2) is 72.0 Å². The summed E-state index contributed by atoms with van der Waals surface area (Å²) in [5.41, 5.74) is 4.44. The number of carboxylic acids is 1. The first-order valence-corrected chi connectivity index (χ1v) is 9.51. The highest BCUT2D eigenvalue weighted by atomic mass is 16.5. The van der Waals surface area contributed by atoms with Gasteiger partial charge in [0.05, 0.1) is 0 Å². The van der Waals surface area contributed by atoms with Gasteiger partial charge in [-0.25, -0.2) is 4.79 Å². The van der Waals surface area contributed by atoms with Gasteiger partial charge in [-0.1, -0.05) is 55.0 Å². The first-order valence-electron chi connectivity index (χ1n) is 9.51. The first kappa shape index (κ1) is 19.7. The van der Waals surface area contributed by atoms with E-state index in [4.69, 9.17) is 9.84 Å². The number of hydrogen-bond acceptors (Lipinski definition) is 3. The van der Waals surface area contributed by atoms with Crippen molar-refractivity contribution in [3.8, 4) is 5.75 Å². The van der Waals surface area contributed by atoms with Gasteiger partial charge in [-0.2, -0.15) is 0 Å². The molecule has 4 nitrogen and oxygen atoms in total. The minimum Gasteiger partial charge on any atom is -0.508 e. The van der Waals surface area contributed by atoms with Crippen molar-refractivity contribution in [3.63, 3.8) is 0 Å². The molecule has 0 bridgehead atoms. The lowest BCUT2D eigenvalue weighted by atomic mass is 9.79. The van der Waals surface area contributed by atoms with E-state index in [1.165, 1.54) is 16.7 Å². The summed E-state index contributed by atoms with van der Waals surface area (Å²) in [5, 5.41) is 19.0. The lowest BCUT2D eigenvalue weighted by Gasteiger charge is -2.27. The molecule has 0 amide bonds. The van der Waals surface area contributed by atoms with Crippen molar-refractivity contribution < 1.29 is 19.7 Å². The van der Waals surface area contributed by atoms with Crippen LogP contribution >= 0.6 is 0 Å². The third kappa shape index (κ3) is 5.03. The van der Waals surface area contributed by atoms with Crippen molar-refractivity contribution in [2.24, 2.45) is 11.8 Å². The molecule has 2 unspecified atom stereocenters. The van der Waals surface area contributed by atoms with E-state index in [0.717, 1.165) is 12.0 Å². The summed E-state index contributed by atoms with van der Waals surface area (Å²) in [5.74, 6) is 0.517. The number of hydrogen-bond donors (Lipinski definition) is 2. The number of carboxylic acid groups (broad SMARTS) is 1. The van der Waals surface area contributed by atoms with Crippen LogP contribution in [-0.4, -0.2) is 22.8 Å². The van der Waals surface area contributed by atoms with Gasteiger partial charge in [-0.3, -0.25) is 0 Å². The molecule has 0 aromatic heterocycles. The summed E-state index contributed by atoms with van der Waals surface area (Å²) in [4.78, 5) is 10.7. The monoisotopic (exact) mass is 378 g/mol. The van der Waals surface area contributed by atoms with E-state index < -0.39 is 5.97 Å². The van der Waals surface area contributed by atoms with Gasteiger partial charge in [-0.05, 0) is 60.1 Å². The van der Waals surface area contributed by atoms with Crippen molar-refractivity contribution in [2.75, 3.05) is 6.61 Å². The number of rotatable bonds is 7. The summed E-state index contributed by atoms with van der Waals surface area (Å²) in [6, 6.07) is 16.0. The number of ether oxygens (including phenoxy) is 1. The Morgan fingerprint density at radius 2 is 1.86 bits per heavy atom. The molecule has 2 aromatic rings. The van der Waals surface area contributed by atoms with E-state index in [1.807, 2.05) is 36.4 Å². The lowest BCUT2D eigenvalue weighted by Crippen LogP contribution is -2.19. The Morgan fingerprint density at radius 3 is 2.54 bits per heavy atom. The maximum atomic E-state index is 10.7. The Hall–Kier alpha value is -3.01. The molecule has 3 rings (SSSR count). The van der Waals surface area contributed by atoms with E-state index in [9.17, 15) is 9.90 Å². The average molecular weight is 378 g/mol. The number of allylic oxidation sites excluding steroid dienone is 3. The molecular formula is C24H26O4. The Morgan fingerprint density at radius 1 is 1.11 bits per heavy atom. The number of carbonyl (C=O) groups is 1. The molecule has 0 aliphatic heterocycles. The highest BCUT2D eigenvalue weighted by molar-refractivity contribution is 5.68. The van der Waals surface area contributed by atoms with Gasteiger partial charge in [0.15, 0.2) is 6.61 Å². The predicted octanol–water partition coefficient (Wildman–Crippen LogP) is 4.72. The Bertz CT molecular complexity index is 896. The Kier molecular flexibility index (Phi) is 6.19. The summed E-state index contributed by atoms with van der Waals surface area (Å²) < 4.78 is 5.34. The van der Waals surface area contributed by atoms with E-state index in [0.29, 0.717) is 23.8 Å². The number of phenols is 1. The fourth-order valence-electron chi connectivity index (χ4n) is 3.73. The number of phenolic OH excluding ortho intramolecular Hbond substituents is 1. The fraction of sp³-hybridized carbons (Fsp3) is 0.292. The molecule has 0 saturated carbocycles. The van der Waals surface area contributed by atoms with Crippen LogP contribution < -0.4 is 0 Å². The fourth-order valence-corrected chi connectivity index (χ4v) is 3.73. The molecule has 0 radical (unpaired) electrons. The highest BCUT2D eigenvalue weighted by Crippen LogP contribution is 2.33. The number of aliphatic carboxylic acids is 1. The summed E-state index contributed by atoms with van der Waals surface area (Å²) in [7, 11) is 0. The Labute approximate surface area is 165 Å². The van der Waals surface area contributed by atoms with Crippen LogP contribution in [0.5, 0.6) is 5.75 Å². The van der Waals surface area contributed by atoms with Gasteiger partial charge >= 0.3 is 5.97 Å². The van der Waals surface area contributed by atoms with Crippen LogP contribution in [0, 0.1) is 11.8 Å². The second kappa shape index (κ2) is 8.79.